The van der Waals surface area contributed by atoms with Crippen LogP contribution < -0.4 is 10.6 Å². The molecule has 0 aliphatic carbocycles. The van der Waals surface area contributed by atoms with Gasteiger partial charge in [-0.3, -0.25) is 5.10 Å². The topological polar surface area (TPSA) is 104 Å². The summed E-state index contributed by atoms with van der Waals surface area (Å²) in [5, 5.41) is 16.7. The normalized spacial score (nSPS) is 23.7. The van der Waals surface area contributed by atoms with E-state index in [2.05, 4.69) is 20.2 Å². The number of aromatic amines is 1. The summed E-state index contributed by atoms with van der Waals surface area (Å²) < 4.78 is 39.0. The fourth-order valence-electron chi connectivity index (χ4n) is 2.53. The highest BCUT2D eigenvalue weighted by Gasteiger charge is 2.55. The van der Waals surface area contributed by atoms with Crippen LogP contribution in [0.15, 0.2) is 6.20 Å². The van der Waals surface area contributed by atoms with Crippen molar-refractivity contribution in [3.05, 3.63) is 6.20 Å². The number of hydrogen-bond donors (Lipinski definition) is 3. The summed E-state index contributed by atoms with van der Waals surface area (Å²) in [5.74, 6) is 0.177. The van der Waals surface area contributed by atoms with Crippen LogP contribution in [0.2, 0.25) is 0 Å². The summed E-state index contributed by atoms with van der Waals surface area (Å²) in [6.07, 6.45) is -3.41. The first kappa shape index (κ1) is 13.9. The van der Waals surface area contributed by atoms with Gasteiger partial charge in [-0.1, -0.05) is 0 Å². The quantitative estimate of drug-likeness (QED) is 0.721. The zero-order valence-corrected chi connectivity index (χ0v) is 10.9. The number of anilines is 2. The molecule has 3 heterocycles. The summed E-state index contributed by atoms with van der Waals surface area (Å²) >= 11 is 0. The third kappa shape index (κ3) is 2.24. The second-order valence-corrected chi connectivity index (χ2v) is 5.09. The van der Waals surface area contributed by atoms with E-state index in [4.69, 9.17) is 5.73 Å². The van der Waals surface area contributed by atoms with E-state index in [1.54, 1.807) is 0 Å². The standard InChI is InChI=1S/C11H13F3N6O/c12-11(13,14)10(21)2-1-3-20(5-10)8-6-4-16-19-7(6)17-9(15)18-8/h4,21H,1-3,5H2,(H3,15,16,17,18,19). The molecule has 1 atom stereocenters. The molecular formula is C11H13F3N6O. The highest BCUT2D eigenvalue weighted by atomic mass is 19.4. The maximum atomic E-state index is 13.0. The lowest BCUT2D eigenvalue weighted by Crippen LogP contribution is -2.57. The number of hydrogen-bond acceptors (Lipinski definition) is 6. The minimum atomic E-state index is -4.69. The van der Waals surface area contributed by atoms with Crippen molar-refractivity contribution < 1.29 is 18.3 Å². The van der Waals surface area contributed by atoms with Crippen molar-refractivity contribution in [3.8, 4) is 0 Å². The van der Waals surface area contributed by atoms with Crippen LogP contribution in [-0.2, 0) is 0 Å². The molecule has 2 aromatic rings. The summed E-state index contributed by atoms with van der Waals surface area (Å²) in [5.41, 5.74) is 3.16. The second kappa shape index (κ2) is 4.45. The molecule has 0 spiro atoms. The van der Waals surface area contributed by atoms with E-state index in [-0.39, 0.29) is 24.6 Å². The van der Waals surface area contributed by atoms with Crippen LogP contribution in [0.1, 0.15) is 12.8 Å². The highest BCUT2D eigenvalue weighted by Crippen LogP contribution is 2.39. The number of rotatable bonds is 1. The lowest BCUT2D eigenvalue weighted by atomic mass is 9.92. The zero-order chi connectivity index (χ0) is 15.3. The molecule has 0 aromatic carbocycles. The number of nitrogens with zero attached hydrogens (tertiary/aromatic N) is 4. The van der Waals surface area contributed by atoms with Crippen LogP contribution in [0.4, 0.5) is 24.9 Å². The molecule has 2 aromatic heterocycles. The lowest BCUT2D eigenvalue weighted by Gasteiger charge is -2.40. The molecule has 1 saturated heterocycles. The van der Waals surface area contributed by atoms with Gasteiger partial charge >= 0.3 is 6.18 Å². The molecule has 4 N–H and O–H groups in total. The Kier molecular flexibility index (Phi) is 2.94. The van der Waals surface area contributed by atoms with Crippen LogP contribution in [0, 0.1) is 0 Å². The van der Waals surface area contributed by atoms with Crippen LogP contribution in [0.5, 0.6) is 0 Å². The van der Waals surface area contributed by atoms with Gasteiger partial charge < -0.3 is 15.7 Å². The van der Waals surface area contributed by atoms with Gasteiger partial charge in [0.1, 0.15) is 5.82 Å². The van der Waals surface area contributed by atoms with E-state index < -0.39 is 18.3 Å². The summed E-state index contributed by atoms with van der Waals surface area (Å²) in [6.45, 7) is -0.248. The molecule has 3 rings (SSSR count). The van der Waals surface area contributed by atoms with E-state index >= 15 is 0 Å². The van der Waals surface area contributed by atoms with Gasteiger partial charge in [0.25, 0.3) is 0 Å². The van der Waals surface area contributed by atoms with Crippen molar-refractivity contribution in [1.82, 2.24) is 20.2 Å². The van der Waals surface area contributed by atoms with Crippen molar-refractivity contribution in [3.63, 3.8) is 0 Å². The predicted molar refractivity (Wildman–Crippen MR) is 68.5 cm³/mol. The van der Waals surface area contributed by atoms with Gasteiger partial charge in [-0.05, 0) is 12.8 Å². The van der Waals surface area contributed by atoms with Gasteiger partial charge in [0, 0.05) is 6.54 Å². The largest absolute Gasteiger partial charge is 0.418 e. The van der Waals surface area contributed by atoms with Crippen molar-refractivity contribution in [1.29, 1.82) is 0 Å². The van der Waals surface area contributed by atoms with Crippen molar-refractivity contribution in [2.24, 2.45) is 0 Å². The smallest absolute Gasteiger partial charge is 0.379 e. The van der Waals surface area contributed by atoms with Crippen molar-refractivity contribution >= 4 is 22.8 Å². The number of piperidine rings is 1. The first-order valence-corrected chi connectivity index (χ1v) is 6.31. The maximum Gasteiger partial charge on any atom is 0.418 e. The Bertz CT molecular complexity index is 672. The minimum Gasteiger partial charge on any atom is -0.379 e. The summed E-state index contributed by atoms with van der Waals surface area (Å²) in [4.78, 5) is 9.28. The molecule has 1 unspecified atom stereocenters. The third-order valence-corrected chi connectivity index (χ3v) is 3.60. The zero-order valence-electron chi connectivity index (χ0n) is 10.9. The molecule has 1 aliphatic rings. The molecule has 7 nitrogen and oxygen atoms in total. The minimum absolute atomic E-state index is 0.0668. The molecule has 0 radical (unpaired) electrons. The number of alkyl halides is 3. The van der Waals surface area contributed by atoms with Crippen LogP contribution in [0.25, 0.3) is 11.0 Å². The molecule has 1 aliphatic heterocycles. The summed E-state index contributed by atoms with van der Waals surface area (Å²) in [7, 11) is 0. The molecule has 114 valence electrons. The summed E-state index contributed by atoms with van der Waals surface area (Å²) in [6, 6.07) is 0. The van der Waals surface area contributed by atoms with E-state index in [0.29, 0.717) is 17.6 Å². The number of nitrogens with two attached hydrogens (primary N) is 1. The Morgan fingerprint density at radius 2 is 2.14 bits per heavy atom. The van der Waals surface area contributed by atoms with E-state index in [0.717, 1.165) is 0 Å². The SMILES string of the molecule is Nc1nc(N2CCCC(O)(C(F)(F)F)C2)c2cn[nH]c2n1. The lowest BCUT2D eigenvalue weighted by molar-refractivity contribution is -0.261. The Morgan fingerprint density at radius 1 is 1.38 bits per heavy atom. The van der Waals surface area contributed by atoms with E-state index in [1.807, 2.05) is 0 Å². The first-order chi connectivity index (χ1) is 9.80. The van der Waals surface area contributed by atoms with Crippen molar-refractivity contribution in [2.45, 2.75) is 24.6 Å². The predicted octanol–water partition coefficient (Wildman–Crippen LogP) is 0.829. The molecule has 0 saturated carbocycles. The average Bonchev–Trinajstić information content (AvgIpc) is 2.84. The monoisotopic (exact) mass is 302 g/mol. The average molecular weight is 302 g/mol. The van der Waals surface area contributed by atoms with Gasteiger partial charge in [0.2, 0.25) is 5.95 Å². The molecule has 10 heteroatoms. The van der Waals surface area contributed by atoms with Gasteiger partial charge in [0.15, 0.2) is 11.2 Å². The fraction of sp³-hybridized carbons (Fsp3) is 0.545. The maximum absolute atomic E-state index is 13.0. The van der Waals surface area contributed by atoms with Gasteiger partial charge in [-0.2, -0.15) is 28.2 Å². The van der Waals surface area contributed by atoms with Crippen molar-refractivity contribution in [2.75, 3.05) is 23.7 Å². The van der Waals surface area contributed by atoms with Gasteiger partial charge in [-0.15, -0.1) is 0 Å². The van der Waals surface area contributed by atoms with Crippen LogP contribution in [-0.4, -0.2) is 50.1 Å². The van der Waals surface area contributed by atoms with E-state index in [9.17, 15) is 18.3 Å². The molecule has 0 amide bonds. The molecule has 0 bridgehead atoms. The number of nitrogens with one attached hydrogen (secondary N) is 1. The molecule has 21 heavy (non-hydrogen) atoms. The third-order valence-electron chi connectivity index (χ3n) is 3.60. The number of β-amino-alcohol motifs (C(OH)–C–C–N with tert-alkyl or cyclic N) is 1. The van der Waals surface area contributed by atoms with Gasteiger partial charge in [0.05, 0.1) is 18.1 Å². The number of halogens is 3. The van der Waals surface area contributed by atoms with Crippen LogP contribution in [0.3, 0.4) is 0 Å². The molecule has 1 fully saturated rings. The van der Waals surface area contributed by atoms with Gasteiger partial charge in [-0.25, -0.2) is 0 Å². The number of fused-ring (bicyclic) bond motifs is 1. The Hall–Kier alpha value is -2.10. The molecular weight excluding hydrogens is 289 g/mol. The second-order valence-electron chi connectivity index (χ2n) is 5.09. The Morgan fingerprint density at radius 3 is 2.86 bits per heavy atom. The first-order valence-electron chi connectivity index (χ1n) is 6.31. The Balaban J connectivity index is 2.01. The van der Waals surface area contributed by atoms with Crippen LogP contribution >= 0.6 is 0 Å². The number of aromatic nitrogens is 4. The van der Waals surface area contributed by atoms with E-state index in [1.165, 1.54) is 11.1 Å². The number of aliphatic hydroxyl groups is 1. The number of H-pyrrole nitrogens is 1. The number of nitrogen functional groups attached to an aromatic ring is 1. The highest BCUT2D eigenvalue weighted by molar-refractivity contribution is 5.87. The Labute approximate surface area is 117 Å². The fourth-order valence-corrected chi connectivity index (χ4v) is 2.53.